The van der Waals surface area contributed by atoms with E-state index >= 15 is 0 Å². The molecule has 0 spiro atoms. The van der Waals surface area contributed by atoms with Crippen LogP contribution in [0.4, 0.5) is 5.82 Å². The number of hydrogen-bond donors (Lipinski definition) is 1. The number of halogens is 3. The Balaban J connectivity index is 1.83. The molecule has 0 radical (unpaired) electrons. The fourth-order valence-electron chi connectivity index (χ4n) is 1.97. The Hall–Kier alpha value is -1.25. The van der Waals surface area contributed by atoms with Crippen molar-refractivity contribution >= 4 is 62.0 Å². The lowest BCUT2D eigenvalue weighted by atomic mass is 10.2. The maximum absolute atomic E-state index is 12.3. The second kappa shape index (κ2) is 6.93. The third-order valence-corrected chi connectivity index (χ3v) is 6.76. The first kappa shape index (κ1) is 17.6. The summed E-state index contributed by atoms with van der Waals surface area (Å²) in [6.45, 7) is 0.367. The molecule has 3 aromatic rings. The van der Waals surface area contributed by atoms with Crippen molar-refractivity contribution in [3.63, 3.8) is 0 Å². The number of nitrogens with one attached hydrogen (secondary N) is 1. The van der Waals surface area contributed by atoms with Crippen LogP contribution in [0.15, 0.2) is 46.8 Å². The number of nitrogens with zero attached hydrogens (tertiary/aromatic N) is 2. The molecule has 1 N–H and O–H groups in total. The van der Waals surface area contributed by atoms with Crippen molar-refractivity contribution < 1.29 is 8.42 Å². The standard InChI is InChI=1S/C14H10Cl3N3O2S2/c15-10-4-2-1-3-9(10)7-20-8-11(16)14(18-20)19-24(21,22)13-6-5-12(17)23-13/h1-6,8H,7H2,(H,18,19). The quantitative estimate of drug-likeness (QED) is 0.645. The molecule has 0 amide bonds. The van der Waals surface area contributed by atoms with Crippen LogP contribution in [0.25, 0.3) is 0 Å². The Morgan fingerprint density at radius 2 is 1.83 bits per heavy atom. The highest BCUT2D eigenvalue weighted by atomic mass is 35.5. The zero-order valence-corrected chi connectivity index (χ0v) is 15.8. The molecule has 0 aliphatic heterocycles. The van der Waals surface area contributed by atoms with Gasteiger partial charge in [0.05, 0.1) is 10.9 Å². The number of rotatable bonds is 5. The average Bonchev–Trinajstić information content (AvgIpc) is 3.08. The lowest BCUT2D eigenvalue weighted by Crippen LogP contribution is -2.12. The first-order chi connectivity index (χ1) is 11.3. The van der Waals surface area contributed by atoms with Gasteiger partial charge in [-0.3, -0.25) is 9.40 Å². The highest BCUT2D eigenvalue weighted by Gasteiger charge is 2.20. The predicted octanol–water partition coefficient (Wildman–Crippen LogP) is 4.75. The normalized spacial score (nSPS) is 11.6. The van der Waals surface area contributed by atoms with Crippen LogP contribution in [0.1, 0.15) is 5.56 Å². The summed E-state index contributed by atoms with van der Waals surface area (Å²) < 4.78 is 28.9. The van der Waals surface area contributed by atoms with Gasteiger partial charge in [-0.1, -0.05) is 53.0 Å². The fraction of sp³-hybridized carbons (Fsp3) is 0.0714. The lowest BCUT2D eigenvalue weighted by molar-refractivity contribution is 0.602. The van der Waals surface area contributed by atoms with Crippen molar-refractivity contribution in [2.75, 3.05) is 4.72 Å². The average molecular weight is 423 g/mol. The molecule has 0 bridgehead atoms. The van der Waals surface area contributed by atoms with Crippen molar-refractivity contribution in [3.8, 4) is 0 Å². The largest absolute Gasteiger partial charge is 0.272 e. The molecule has 3 rings (SSSR count). The minimum atomic E-state index is -3.78. The third-order valence-electron chi connectivity index (χ3n) is 3.05. The summed E-state index contributed by atoms with van der Waals surface area (Å²) in [7, 11) is -3.78. The Kier molecular flexibility index (Phi) is 5.08. The van der Waals surface area contributed by atoms with Crippen molar-refractivity contribution in [3.05, 3.63) is 62.5 Å². The van der Waals surface area contributed by atoms with E-state index in [1.165, 1.54) is 23.0 Å². The smallest absolute Gasteiger partial charge is 0.265 e. The van der Waals surface area contributed by atoms with E-state index in [2.05, 4.69) is 9.82 Å². The van der Waals surface area contributed by atoms with Crippen molar-refractivity contribution in [2.45, 2.75) is 10.8 Å². The molecule has 10 heteroatoms. The summed E-state index contributed by atoms with van der Waals surface area (Å²) in [5.41, 5.74) is 0.845. The Morgan fingerprint density at radius 1 is 1.08 bits per heavy atom. The zero-order chi connectivity index (χ0) is 17.3. The van der Waals surface area contributed by atoms with E-state index in [0.717, 1.165) is 16.9 Å². The van der Waals surface area contributed by atoms with Crippen molar-refractivity contribution in [1.29, 1.82) is 0 Å². The molecular weight excluding hydrogens is 413 g/mol. The van der Waals surface area contributed by atoms with Crippen molar-refractivity contribution in [1.82, 2.24) is 9.78 Å². The number of anilines is 1. The minimum absolute atomic E-state index is 0.0493. The highest BCUT2D eigenvalue weighted by Crippen LogP contribution is 2.29. The van der Waals surface area contributed by atoms with Crippen LogP contribution in [-0.2, 0) is 16.6 Å². The molecule has 2 heterocycles. The van der Waals surface area contributed by atoms with E-state index in [4.69, 9.17) is 34.8 Å². The number of aromatic nitrogens is 2. The molecule has 0 fully saturated rings. The van der Waals surface area contributed by atoms with Crippen LogP contribution in [0, 0.1) is 0 Å². The van der Waals surface area contributed by atoms with Gasteiger partial charge in [0.15, 0.2) is 5.82 Å². The minimum Gasteiger partial charge on any atom is -0.265 e. The van der Waals surface area contributed by atoms with Gasteiger partial charge in [0.1, 0.15) is 9.23 Å². The maximum Gasteiger partial charge on any atom is 0.272 e. The molecule has 0 atom stereocenters. The van der Waals surface area contributed by atoms with Gasteiger partial charge in [0.2, 0.25) is 0 Å². The van der Waals surface area contributed by atoms with Gasteiger partial charge >= 0.3 is 0 Å². The molecule has 1 aromatic carbocycles. The van der Waals surface area contributed by atoms with Crippen LogP contribution in [0.2, 0.25) is 14.4 Å². The second-order valence-electron chi connectivity index (χ2n) is 4.78. The highest BCUT2D eigenvalue weighted by molar-refractivity contribution is 7.94. The van der Waals surface area contributed by atoms with Gasteiger partial charge in [-0.15, -0.1) is 11.3 Å². The summed E-state index contributed by atoms with van der Waals surface area (Å²) in [6.07, 6.45) is 1.53. The van der Waals surface area contributed by atoms with Gasteiger partial charge in [0.25, 0.3) is 10.0 Å². The first-order valence-corrected chi connectivity index (χ1v) is 10.0. The molecule has 0 saturated heterocycles. The Morgan fingerprint density at radius 3 is 2.50 bits per heavy atom. The van der Waals surface area contributed by atoms with Crippen LogP contribution in [0.3, 0.4) is 0 Å². The predicted molar refractivity (Wildman–Crippen MR) is 97.9 cm³/mol. The molecular formula is C14H10Cl3N3O2S2. The van der Waals surface area contributed by atoms with Crippen LogP contribution >= 0.6 is 46.1 Å². The molecule has 0 aliphatic rings. The van der Waals surface area contributed by atoms with Gasteiger partial charge < -0.3 is 0 Å². The Bertz CT molecular complexity index is 983. The monoisotopic (exact) mass is 421 g/mol. The molecule has 2 aromatic heterocycles. The summed E-state index contributed by atoms with van der Waals surface area (Å²) >= 11 is 18.9. The summed E-state index contributed by atoms with van der Waals surface area (Å²) in [5.74, 6) is 0.0493. The molecule has 0 aliphatic carbocycles. The van der Waals surface area contributed by atoms with Gasteiger partial charge in [-0.2, -0.15) is 5.10 Å². The number of thiophene rings is 1. The molecule has 0 saturated carbocycles. The zero-order valence-electron chi connectivity index (χ0n) is 11.9. The van der Waals surface area contributed by atoms with Crippen LogP contribution in [0.5, 0.6) is 0 Å². The number of benzene rings is 1. The number of hydrogen-bond acceptors (Lipinski definition) is 4. The molecule has 0 unspecified atom stereocenters. The van der Waals surface area contributed by atoms with Gasteiger partial charge in [-0.25, -0.2) is 8.42 Å². The van der Waals surface area contributed by atoms with E-state index in [-0.39, 0.29) is 15.0 Å². The topological polar surface area (TPSA) is 64.0 Å². The molecule has 126 valence electrons. The maximum atomic E-state index is 12.3. The summed E-state index contributed by atoms with van der Waals surface area (Å²) in [4.78, 5) is 0. The second-order valence-corrected chi connectivity index (χ2v) is 9.22. The van der Waals surface area contributed by atoms with E-state index in [1.807, 2.05) is 18.2 Å². The number of sulfonamides is 1. The van der Waals surface area contributed by atoms with Crippen molar-refractivity contribution in [2.24, 2.45) is 0 Å². The molecule has 24 heavy (non-hydrogen) atoms. The van der Waals surface area contributed by atoms with Crippen LogP contribution < -0.4 is 4.72 Å². The van der Waals surface area contributed by atoms with E-state index in [1.54, 1.807) is 6.07 Å². The summed E-state index contributed by atoms with van der Waals surface area (Å²) in [5, 5.41) is 4.96. The van der Waals surface area contributed by atoms with Gasteiger partial charge in [0, 0.05) is 11.2 Å². The Labute approximate surface area is 157 Å². The van der Waals surface area contributed by atoms with E-state index < -0.39 is 10.0 Å². The SMILES string of the molecule is O=S(=O)(Nc1nn(Cc2ccccc2Cl)cc1Cl)c1ccc(Cl)s1. The van der Waals surface area contributed by atoms with E-state index in [9.17, 15) is 8.42 Å². The van der Waals surface area contributed by atoms with E-state index in [0.29, 0.717) is 15.9 Å². The summed E-state index contributed by atoms with van der Waals surface area (Å²) in [6, 6.07) is 10.2. The van der Waals surface area contributed by atoms with Gasteiger partial charge in [-0.05, 0) is 23.8 Å². The fourth-order valence-corrected chi connectivity index (χ4v) is 4.92. The lowest BCUT2D eigenvalue weighted by Gasteiger charge is -2.05. The first-order valence-electron chi connectivity index (χ1n) is 6.60. The third kappa shape index (κ3) is 3.87. The molecule has 5 nitrogen and oxygen atoms in total. The van der Waals surface area contributed by atoms with Crippen LogP contribution in [-0.4, -0.2) is 18.2 Å².